The molecular formula is C10H17NO5. The monoisotopic (exact) mass is 231 g/mol. The first-order chi connectivity index (χ1) is 7.35. The number of imide groups is 1. The zero-order valence-electron chi connectivity index (χ0n) is 9.98. The molecule has 92 valence electrons. The van der Waals surface area contributed by atoms with Crippen LogP contribution >= 0.6 is 0 Å². The van der Waals surface area contributed by atoms with Gasteiger partial charge in [0.1, 0.15) is 5.60 Å². The minimum Gasteiger partial charge on any atom is -0.449 e. The second kappa shape index (κ2) is 4.69. The molecular weight excluding hydrogens is 214 g/mol. The Balaban J connectivity index is 2.63. The molecule has 0 aromatic rings. The Morgan fingerprint density at radius 1 is 1.38 bits per heavy atom. The molecule has 6 heteroatoms. The predicted molar refractivity (Wildman–Crippen MR) is 54.8 cm³/mol. The first-order valence-corrected chi connectivity index (χ1v) is 5.15. The summed E-state index contributed by atoms with van der Waals surface area (Å²) in [7, 11) is 0. The van der Waals surface area contributed by atoms with E-state index in [0.29, 0.717) is 6.61 Å². The van der Waals surface area contributed by atoms with E-state index in [9.17, 15) is 9.59 Å². The van der Waals surface area contributed by atoms with E-state index in [1.807, 2.05) is 0 Å². The van der Waals surface area contributed by atoms with Gasteiger partial charge in [0.05, 0.1) is 13.2 Å². The molecule has 0 saturated carbocycles. The molecule has 1 fully saturated rings. The lowest BCUT2D eigenvalue weighted by atomic mass is 10.2. The number of carbonyl (C=O) groups is 2. The topological polar surface area (TPSA) is 68.4 Å². The van der Waals surface area contributed by atoms with Crippen molar-refractivity contribution in [2.75, 3.05) is 13.2 Å². The van der Waals surface area contributed by atoms with Crippen LogP contribution in [-0.4, -0.2) is 42.1 Å². The van der Waals surface area contributed by atoms with Gasteiger partial charge in [-0.15, -0.1) is 0 Å². The summed E-state index contributed by atoms with van der Waals surface area (Å²) >= 11 is 0. The van der Waals surface area contributed by atoms with E-state index in [0.717, 1.165) is 4.90 Å². The highest BCUT2D eigenvalue weighted by atomic mass is 16.6. The van der Waals surface area contributed by atoms with Gasteiger partial charge in [-0.25, -0.2) is 9.59 Å². The van der Waals surface area contributed by atoms with Gasteiger partial charge in [-0.3, -0.25) is 0 Å². The first-order valence-electron chi connectivity index (χ1n) is 5.15. The van der Waals surface area contributed by atoms with Gasteiger partial charge >= 0.3 is 12.2 Å². The van der Waals surface area contributed by atoms with E-state index in [1.165, 1.54) is 0 Å². The second-order valence-corrected chi connectivity index (χ2v) is 4.34. The van der Waals surface area contributed by atoms with Crippen LogP contribution in [-0.2, 0) is 14.2 Å². The molecule has 0 radical (unpaired) electrons. The Morgan fingerprint density at radius 3 is 2.31 bits per heavy atom. The number of hydrogen-bond donors (Lipinski definition) is 0. The van der Waals surface area contributed by atoms with Crippen molar-refractivity contribution in [3.8, 4) is 0 Å². The summed E-state index contributed by atoms with van der Waals surface area (Å²) in [6.45, 7) is 7.37. The molecule has 1 saturated heterocycles. The van der Waals surface area contributed by atoms with Crippen LogP contribution in [0.2, 0.25) is 0 Å². The van der Waals surface area contributed by atoms with Gasteiger partial charge in [0.25, 0.3) is 0 Å². The molecule has 1 atom stereocenters. The molecule has 1 heterocycles. The van der Waals surface area contributed by atoms with Crippen LogP contribution in [0.3, 0.4) is 0 Å². The molecule has 2 amide bonds. The standard InChI is InChI=1S/C10H17NO5/c1-5-14-8(12)11(7-6-15-7)9(13)16-10(2,3)4/h7H,5-6H2,1-4H3. The van der Waals surface area contributed by atoms with E-state index in [4.69, 9.17) is 14.2 Å². The Hall–Kier alpha value is -1.30. The summed E-state index contributed by atoms with van der Waals surface area (Å²) in [6.07, 6.45) is -2.03. The highest BCUT2D eigenvalue weighted by molar-refractivity contribution is 5.88. The molecule has 0 aliphatic carbocycles. The van der Waals surface area contributed by atoms with Crippen LogP contribution in [0.25, 0.3) is 0 Å². The fourth-order valence-corrected chi connectivity index (χ4v) is 1.01. The quantitative estimate of drug-likeness (QED) is 0.677. The molecule has 0 bridgehead atoms. The maximum atomic E-state index is 11.7. The predicted octanol–water partition coefficient (Wildman–Crippen LogP) is 1.74. The van der Waals surface area contributed by atoms with E-state index < -0.39 is 24.0 Å². The number of epoxide rings is 1. The van der Waals surface area contributed by atoms with Crippen molar-refractivity contribution in [3.05, 3.63) is 0 Å². The molecule has 1 aliphatic rings. The summed E-state index contributed by atoms with van der Waals surface area (Å²) in [6, 6.07) is 0. The fraction of sp³-hybridized carbons (Fsp3) is 0.800. The Kier molecular flexibility index (Phi) is 3.74. The Morgan fingerprint density at radius 2 is 1.94 bits per heavy atom. The molecule has 16 heavy (non-hydrogen) atoms. The minimum absolute atomic E-state index is 0.199. The van der Waals surface area contributed by atoms with E-state index in [-0.39, 0.29) is 6.61 Å². The molecule has 0 aromatic carbocycles. The van der Waals surface area contributed by atoms with E-state index >= 15 is 0 Å². The van der Waals surface area contributed by atoms with Crippen LogP contribution in [0.15, 0.2) is 0 Å². The molecule has 1 rings (SSSR count). The first kappa shape index (κ1) is 12.8. The van der Waals surface area contributed by atoms with Crippen molar-refractivity contribution in [2.24, 2.45) is 0 Å². The van der Waals surface area contributed by atoms with Gasteiger partial charge in [-0.05, 0) is 27.7 Å². The maximum Gasteiger partial charge on any atom is 0.422 e. The van der Waals surface area contributed by atoms with Gasteiger partial charge in [0.15, 0.2) is 6.23 Å². The smallest absolute Gasteiger partial charge is 0.422 e. The summed E-state index contributed by atoms with van der Waals surface area (Å²) in [5, 5.41) is 0. The van der Waals surface area contributed by atoms with Gasteiger partial charge in [-0.1, -0.05) is 0 Å². The lowest BCUT2D eigenvalue weighted by molar-refractivity contribution is 0.0139. The second-order valence-electron chi connectivity index (χ2n) is 4.34. The summed E-state index contributed by atoms with van der Waals surface area (Å²) in [5.74, 6) is 0. The zero-order chi connectivity index (χ0) is 12.3. The number of amides is 2. The highest BCUT2D eigenvalue weighted by Crippen LogP contribution is 2.20. The average Bonchev–Trinajstić information content (AvgIpc) is 2.85. The number of hydrogen-bond acceptors (Lipinski definition) is 5. The third-order valence-electron chi connectivity index (χ3n) is 1.66. The van der Waals surface area contributed by atoms with Crippen molar-refractivity contribution < 1.29 is 23.8 Å². The molecule has 1 aliphatic heterocycles. The Bertz CT molecular complexity index is 279. The van der Waals surface area contributed by atoms with Crippen LogP contribution in [0, 0.1) is 0 Å². The van der Waals surface area contributed by atoms with Crippen LogP contribution < -0.4 is 0 Å². The number of carbonyl (C=O) groups excluding carboxylic acids is 2. The molecule has 0 aromatic heterocycles. The zero-order valence-corrected chi connectivity index (χ0v) is 9.98. The van der Waals surface area contributed by atoms with Gasteiger partial charge in [0.2, 0.25) is 0 Å². The molecule has 6 nitrogen and oxygen atoms in total. The van der Waals surface area contributed by atoms with Gasteiger partial charge in [0, 0.05) is 0 Å². The summed E-state index contributed by atoms with van der Waals surface area (Å²) in [4.78, 5) is 24.0. The summed E-state index contributed by atoms with van der Waals surface area (Å²) in [5.41, 5.74) is -0.656. The molecule has 0 spiro atoms. The van der Waals surface area contributed by atoms with Crippen molar-refractivity contribution >= 4 is 12.2 Å². The SMILES string of the molecule is CCOC(=O)N(C(=O)OC(C)(C)C)C1CO1. The van der Waals surface area contributed by atoms with Crippen LogP contribution in [0.5, 0.6) is 0 Å². The van der Waals surface area contributed by atoms with Crippen molar-refractivity contribution in [2.45, 2.75) is 39.5 Å². The normalized spacial score (nSPS) is 18.9. The van der Waals surface area contributed by atoms with Gasteiger partial charge in [-0.2, -0.15) is 4.90 Å². The van der Waals surface area contributed by atoms with E-state index in [2.05, 4.69) is 0 Å². The van der Waals surface area contributed by atoms with Crippen molar-refractivity contribution in [3.63, 3.8) is 0 Å². The largest absolute Gasteiger partial charge is 0.449 e. The lowest BCUT2D eigenvalue weighted by Gasteiger charge is -2.24. The average molecular weight is 231 g/mol. The Labute approximate surface area is 94.4 Å². The third kappa shape index (κ3) is 3.69. The van der Waals surface area contributed by atoms with Crippen LogP contribution in [0.4, 0.5) is 9.59 Å². The lowest BCUT2D eigenvalue weighted by Crippen LogP contribution is -2.43. The summed E-state index contributed by atoms with van der Waals surface area (Å²) < 4.78 is 14.7. The van der Waals surface area contributed by atoms with Gasteiger partial charge < -0.3 is 14.2 Å². The maximum absolute atomic E-state index is 11.7. The number of ether oxygens (including phenoxy) is 3. The molecule has 1 unspecified atom stereocenters. The van der Waals surface area contributed by atoms with E-state index in [1.54, 1.807) is 27.7 Å². The van der Waals surface area contributed by atoms with Crippen molar-refractivity contribution in [1.29, 1.82) is 0 Å². The number of rotatable bonds is 2. The highest BCUT2D eigenvalue weighted by Gasteiger charge is 2.42. The number of nitrogens with zero attached hydrogens (tertiary/aromatic N) is 1. The minimum atomic E-state index is -0.742. The third-order valence-corrected chi connectivity index (χ3v) is 1.66. The fourth-order valence-electron chi connectivity index (χ4n) is 1.01. The van der Waals surface area contributed by atoms with Crippen molar-refractivity contribution in [1.82, 2.24) is 4.90 Å². The molecule has 0 N–H and O–H groups in total. The van der Waals surface area contributed by atoms with Crippen LogP contribution in [0.1, 0.15) is 27.7 Å².